The molecule has 0 aliphatic heterocycles. The van der Waals surface area contributed by atoms with Crippen molar-refractivity contribution >= 4 is 17.7 Å². The number of likely N-dealkylation sites (N-methyl/N-ethyl adjacent to an activating group) is 1. The van der Waals surface area contributed by atoms with Gasteiger partial charge in [0.05, 0.1) is 106 Å². The molecule has 0 bridgehead atoms. The van der Waals surface area contributed by atoms with E-state index in [0.717, 1.165) is 0 Å². The first-order valence-corrected chi connectivity index (χ1v) is 15.5. The molecule has 0 saturated carbocycles. The molecule has 0 heterocycles. The Hall–Kier alpha value is -2.03. The maximum atomic E-state index is 11.8. The normalized spacial score (nSPS) is 11.2. The number of amides is 3. The molecule has 0 rings (SSSR count). The minimum atomic E-state index is -0.475. The lowest BCUT2D eigenvalue weighted by molar-refractivity contribution is -0.132. The van der Waals surface area contributed by atoms with E-state index in [4.69, 9.17) is 52.1 Å². The molecule has 3 amide bonds. The number of rotatable bonds is 36. The van der Waals surface area contributed by atoms with Crippen molar-refractivity contribution in [2.45, 2.75) is 13.0 Å². The molecule has 0 fully saturated rings. The molecule has 0 aromatic heterocycles. The molecule has 46 heavy (non-hydrogen) atoms. The summed E-state index contributed by atoms with van der Waals surface area (Å²) in [4.78, 5) is 35.3. The van der Waals surface area contributed by atoms with E-state index in [1.807, 2.05) is 6.92 Å². The summed E-state index contributed by atoms with van der Waals surface area (Å²) in [6.45, 7) is 8.46. The maximum absolute atomic E-state index is 11.8. The van der Waals surface area contributed by atoms with E-state index < -0.39 is 6.10 Å². The zero-order valence-electron chi connectivity index (χ0n) is 27.8. The predicted molar refractivity (Wildman–Crippen MR) is 165 cm³/mol. The molecule has 0 aliphatic rings. The molecule has 0 unspecified atom stereocenters. The second-order valence-corrected chi connectivity index (χ2v) is 9.28. The third kappa shape index (κ3) is 33.3. The van der Waals surface area contributed by atoms with Crippen molar-refractivity contribution < 1.29 is 66.5 Å². The van der Waals surface area contributed by atoms with Crippen molar-refractivity contribution in [3.63, 3.8) is 0 Å². The van der Waals surface area contributed by atoms with Gasteiger partial charge >= 0.3 is 0 Å². The highest BCUT2D eigenvalue weighted by molar-refractivity contribution is 5.77. The van der Waals surface area contributed by atoms with Gasteiger partial charge in [-0.15, -0.1) is 0 Å². The highest BCUT2D eigenvalue weighted by Gasteiger charge is 2.13. The first-order chi connectivity index (χ1) is 22.5. The van der Waals surface area contributed by atoms with Gasteiger partial charge in [-0.05, 0) is 6.92 Å². The highest BCUT2D eigenvalue weighted by Crippen LogP contribution is 1.97. The number of carbonyl (C=O) groups is 3. The Kier molecular flexibility index (Phi) is 34.2. The Balaban J connectivity index is 3.87. The first kappa shape index (κ1) is 44.0. The molecule has 0 radical (unpaired) electrons. The first-order valence-electron chi connectivity index (χ1n) is 15.5. The Morgan fingerprint density at radius 1 is 0.457 bits per heavy atom. The molecule has 3 N–H and O–H groups in total. The average molecular weight is 672 g/mol. The largest absolute Gasteiger partial charge is 0.382 e. The van der Waals surface area contributed by atoms with Gasteiger partial charge in [0.1, 0.15) is 25.9 Å². The van der Waals surface area contributed by atoms with Crippen LogP contribution in [-0.2, 0) is 66.5 Å². The molecule has 272 valence electrons. The average Bonchev–Trinajstić information content (AvgIpc) is 3.04. The zero-order valence-corrected chi connectivity index (χ0v) is 27.8. The fourth-order valence-corrected chi connectivity index (χ4v) is 3.14. The lowest BCUT2D eigenvalue weighted by Gasteiger charge is -2.18. The summed E-state index contributed by atoms with van der Waals surface area (Å²) in [5, 5.41) is 8.08. The molecule has 0 atom stereocenters. The minimum absolute atomic E-state index is 0.0513. The Bertz CT molecular complexity index is 662. The topological polar surface area (TPSA) is 189 Å². The van der Waals surface area contributed by atoms with E-state index in [1.54, 1.807) is 14.2 Å². The van der Waals surface area contributed by atoms with E-state index >= 15 is 0 Å². The molecule has 0 saturated heterocycles. The molecule has 0 spiro atoms. The summed E-state index contributed by atoms with van der Waals surface area (Å²) < 4.78 is 58.5. The Labute approximate surface area is 272 Å². The van der Waals surface area contributed by atoms with E-state index in [-0.39, 0.29) is 50.8 Å². The molecule has 17 nitrogen and oxygen atoms in total. The molecular formula is C29H57N3O14. The van der Waals surface area contributed by atoms with Crippen LogP contribution >= 0.6 is 0 Å². The quantitative estimate of drug-likeness (QED) is 0.0631. The number of methoxy groups -OCH3 is 2. The van der Waals surface area contributed by atoms with Crippen molar-refractivity contribution in [2.24, 2.45) is 0 Å². The SMILES string of the molecule is CCNC(=O)COC(COCCOCCNC(=O)COCCOCCOC)COCCOCCNC(=O)COCCOCCOC. The number of ether oxygens (including phenoxy) is 11. The van der Waals surface area contributed by atoms with Crippen molar-refractivity contribution in [3.05, 3.63) is 0 Å². The lowest BCUT2D eigenvalue weighted by atomic mass is 10.4. The van der Waals surface area contributed by atoms with Gasteiger partial charge in [-0.25, -0.2) is 0 Å². The van der Waals surface area contributed by atoms with Crippen molar-refractivity contribution in [1.82, 2.24) is 16.0 Å². The molecule has 0 aromatic carbocycles. The summed E-state index contributed by atoms with van der Waals surface area (Å²) in [6, 6.07) is 0. The van der Waals surface area contributed by atoms with Crippen LogP contribution in [0.25, 0.3) is 0 Å². The maximum Gasteiger partial charge on any atom is 0.246 e. The molecule has 0 aromatic rings. The monoisotopic (exact) mass is 671 g/mol. The van der Waals surface area contributed by atoms with Gasteiger partial charge in [-0.3, -0.25) is 14.4 Å². The van der Waals surface area contributed by atoms with Crippen molar-refractivity contribution in [2.75, 3.05) is 159 Å². The number of hydrogen-bond donors (Lipinski definition) is 3. The highest BCUT2D eigenvalue weighted by atomic mass is 16.6. The molecular weight excluding hydrogens is 614 g/mol. The number of carbonyl (C=O) groups excluding carboxylic acids is 3. The standard InChI is InChI=1S/C29H57N3O14/c1-4-30-29(35)25-46-26(21-42-17-13-38-7-5-31-27(33)23-44-19-15-40-11-9-36-2)22-43-18-14-39-8-6-32-28(34)24-45-20-16-41-12-10-37-3/h26H,4-25H2,1-3H3,(H,30,35)(H,31,33)(H,32,34). The van der Waals surface area contributed by atoms with Gasteiger partial charge < -0.3 is 68.1 Å². The Morgan fingerprint density at radius 2 is 0.826 bits per heavy atom. The van der Waals surface area contributed by atoms with E-state index in [1.165, 1.54) is 0 Å². The summed E-state index contributed by atoms with van der Waals surface area (Å²) in [5.41, 5.74) is 0. The van der Waals surface area contributed by atoms with Crippen LogP contribution in [0.4, 0.5) is 0 Å². The lowest BCUT2D eigenvalue weighted by Crippen LogP contribution is -2.34. The van der Waals surface area contributed by atoms with Crippen LogP contribution < -0.4 is 16.0 Å². The fraction of sp³-hybridized carbons (Fsp3) is 0.897. The van der Waals surface area contributed by atoms with Crippen molar-refractivity contribution in [3.8, 4) is 0 Å². The van der Waals surface area contributed by atoms with Gasteiger partial charge in [-0.2, -0.15) is 0 Å². The van der Waals surface area contributed by atoms with Gasteiger partial charge in [0, 0.05) is 33.9 Å². The van der Waals surface area contributed by atoms with Crippen LogP contribution in [0.2, 0.25) is 0 Å². The van der Waals surface area contributed by atoms with E-state index in [9.17, 15) is 14.4 Å². The summed E-state index contributed by atoms with van der Waals surface area (Å²) in [5.74, 6) is -0.707. The summed E-state index contributed by atoms with van der Waals surface area (Å²) in [6.07, 6.45) is -0.475. The van der Waals surface area contributed by atoms with Crippen LogP contribution in [-0.4, -0.2) is 183 Å². The second-order valence-electron chi connectivity index (χ2n) is 9.28. The van der Waals surface area contributed by atoms with Crippen LogP contribution in [0, 0.1) is 0 Å². The van der Waals surface area contributed by atoms with Crippen LogP contribution in [0.1, 0.15) is 6.92 Å². The fourth-order valence-electron chi connectivity index (χ4n) is 3.14. The smallest absolute Gasteiger partial charge is 0.246 e. The van der Waals surface area contributed by atoms with Crippen LogP contribution in [0.5, 0.6) is 0 Å². The Morgan fingerprint density at radius 3 is 1.26 bits per heavy atom. The number of hydrogen-bond acceptors (Lipinski definition) is 14. The molecule has 0 aliphatic carbocycles. The van der Waals surface area contributed by atoms with E-state index in [0.29, 0.717) is 112 Å². The van der Waals surface area contributed by atoms with Gasteiger partial charge in [0.15, 0.2) is 0 Å². The number of nitrogens with one attached hydrogen (secondary N) is 3. The van der Waals surface area contributed by atoms with Crippen molar-refractivity contribution in [1.29, 1.82) is 0 Å². The van der Waals surface area contributed by atoms with Gasteiger partial charge in [0.25, 0.3) is 0 Å². The summed E-state index contributed by atoms with van der Waals surface area (Å²) in [7, 11) is 3.19. The zero-order chi connectivity index (χ0) is 33.8. The predicted octanol–water partition coefficient (Wildman–Crippen LogP) is -1.83. The summed E-state index contributed by atoms with van der Waals surface area (Å²) >= 11 is 0. The van der Waals surface area contributed by atoms with Crippen LogP contribution in [0.3, 0.4) is 0 Å². The minimum Gasteiger partial charge on any atom is -0.382 e. The second kappa shape index (κ2) is 35.8. The molecule has 17 heteroatoms. The van der Waals surface area contributed by atoms with Gasteiger partial charge in [-0.1, -0.05) is 0 Å². The van der Waals surface area contributed by atoms with Gasteiger partial charge in [0.2, 0.25) is 17.7 Å². The third-order valence-corrected chi connectivity index (χ3v) is 5.39. The third-order valence-electron chi connectivity index (χ3n) is 5.39. The van der Waals surface area contributed by atoms with E-state index in [2.05, 4.69) is 16.0 Å². The van der Waals surface area contributed by atoms with Crippen LogP contribution in [0.15, 0.2) is 0 Å².